The van der Waals surface area contributed by atoms with Crippen LogP contribution in [0.5, 0.6) is 0 Å². The Morgan fingerprint density at radius 3 is 2.44 bits per heavy atom. The fraction of sp³-hybridized carbons (Fsp3) is 1.00. The summed E-state index contributed by atoms with van der Waals surface area (Å²) >= 11 is 5.71. The van der Waals surface area contributed by atoms with Gasteiger partial charge in [-0.1, -0.05) is 12.8 Å². The predicted molar refractivity (Wildman–Crippen MR) is 36.5 cm³/mol. The van der Waals surface area contributed by atoms with E-state index < -0.39 is 0 Å². The maximum absolute atomic E-state index is 8.41. The second-order valence-corrected chi connectivity index (χ2v) is 3.05. The van der Waals surface area contributed by atoms with Crippen LogP contribution in [0.3, 0.4) is 0 Å². The summed E-state index contributed by atoms with van der Waals surface area (Å²) < 4.78 is 0. The van der Waals surface area contributed by atoms with Gasteiger partial charge in [-0.3, -0.25) is 0 Å². The lowest BCUT2D eigenvalue weighted by molar-refractivity contribution is 0.132. The smallest absolute Gasteiger partial charge is 0.108 e. The molecule has 1 aliphatic carbocycles. The standard InChI is InChI=1S/C6H12ClNO/c7-6(8-9)5-3-1-2-4-5/h5-6,8-9H,1-4H2. The Labute approximate surface area is 60.2 Å². The molecular formula is C6H12ClNO. The van der Waals surface area contributed by atoms with Crippen molar-refractivity contribution in [3.8, 4) is 0 Å². The average molecular weight is 150 g/mol. The summed E-state index contributed by atoms with van der Waals surface area (Å²) in [6.45, 7) is 0. The Kier molecular flexibility index (Phi) is 2.76. The van der Waals surface area contributed by atoms with Crippen molar-refractivity contribution in [2.75, 3.05) is 0 Å². The molecule has 54 valence electrons. The van der Waals surface area contributed by atoms with Crippen molar-refractivity contribution in [3.63, 3.8) is 0 Å². The van der Waals surface area contributed by atoms with E-state index in [-0.39, 0.29) is 5.50 Å². The Bertz CT molecular complexity index is 83.1. The van der Waals surface area contributed by atoms with E-state index in [9.17, 15) is 0 Å². The molecule has 1 unspecified atom stereocenters. The summed E-state index contributed by atoms with van der Waals surface area (Å²) in [5.41, 5.74) is 1.84. The highest BCUT2D eigenvalue weighted by Crippen LogP contribution is 2.28. The summed E-state index contributed by atoms with van der Waals surface area (Å²) in [7, 11) is 0. The number of hydrogen-bond donors (Lipinski definition) is 2. The minimum Gasteiger partial charge on any atom is -0.315 e. The maximum atomic E-state index is 8.41. The molecule has 9 heavy (non-hydrogen) atoms. The van der Waals surface area contributed by atoms with Crippen molar-refractivity contribution in [2.24, 2.45) is 5.92 Å². The van der Waals surface area contributed by atoms with Gasteiger partial charge >= 0.3 is 0 Å². The zero-order valence-electron chi connectivity index (χ0n) is 5.31. The molecule has 3 heteroatoms. The number of alkyl halides is 1. The molecule has 2 nitrogen and oxygen atoms in total. The molecule has 2 N–H and O–H groups in total. The van der Waals surface area contributed by atoms with Crippen molar-refractivity contribution in [3.05, 3.63) is 0 Å². The topological polar surface area (TPSA) is 32.3 Å². The quantitative estimate of drug-likeness (QED) is 0.356. The first-order valence-corrected chi connectivity index (χ1v) is 3.82. The van der Waals surface area contributed by atoms with E-state index >= 15 is 0 Å². The van der Waals surface area contributed by atoms with E-state index in [1.807, 2.05) is 0 Å². The van der Waals surface area contributed by atoms with E-state index in [4.69, 9.17) is 16.8 Å². The zero-order chi connectivity index (χ0) is 6.69. The van der Waals surface area contributed by atoms with Gasteiger partial charge in [0.15, 0.2) is 0 Å². The second kappa shape index (κ2) is 3.40. The van der Waals surface area contributed by atoms with Gasteiger partial charge in [-0.15, -0.1) is 11.6 Å². The number of halogens is 1. The van der Waals surface area contributed by atoms with Crippen LogP contribution in [0.2, 0.25) is 0 Å². The lowest BCUT2D eigenvalue weighted by Crippen LogP contribution is -2.26. The van der Waals surface area contributed by atoms with Gasteiger partial charge in [0, 0.05) is 0 Å². The van der Waals surface area contributed by atoms with E-state index in [0.29, 0.717) is 5.92 Å². The van der Waals surface area contributed by atoms with Gasteiger partial charge in [-0.2, -0.15) is 5.48 Å². The molecule has 0 heterocycles. The first kappa shape index (κ1) is 7.32. The van der Waals surface area contributed by atoms with E-state index in [0.717, 1.165) is 12.8 Å². The number of hydrogen-bond acceptors (Lipinski definition) is 2. The fourth-order valence-corrected chi connectivity index (χ4v) is 1.61. The van der Waals surface area contributed by atoms with Crippen LogP contribution >= 0.6 is 11.6 Å². The molecule has 0 spiro atoms. The highest BCUT2D eigenvalue weighted by Gasteiger charge is 2.21. The van der Waals surface area contributed by atoms with Crippen LogP contribution in [0.4, 0.5) is 0 Å². The lowest BCUT2D eigenvalue weighted by Gasteiger charge is -2.13. The van der Waals surface area contributed by atoms with Crippen LogP contribution in [0, 0.1) is 5.92 Å². The largest absolute Gasteiger partial charge is 0.315 e. The molecule has 1 atom stereocenters. The highest BCUT2D eigenvalue weighted by molar-refractivity contribution is 6.20. The monoisotopic (exact) mass is 149 g/mol. The summed E-state index contributed by atoms with van der Waals surface area (Å²) in [6, 6.07) is 0. The van der Waals surface area contributed by atoms with Crippen LogP contribution in [-0.2, 0) is 0 Å². The molecule has 1 fully saturated rings. The van der Waals surface area contributed by atoms with Crippen LogP contribution < -0.4 is 5.48 Å². The molecule has 0 bridgehead atoms. The third-order valence-corrected chi connectivity index (χ3v) is 2.39. The first-order chi connectivity index (χ1) is 4.34. The second-order valence-electron chi connectivity index (χ2n) is 2.58. The lowest BCUT2D eigenvalue weighted by atomic mass is 10.1. The van der Waals surface area contributed by atoms with Crippen molar-refractivity contribution in [2.45, 2.75) is 31.2 Å². The van der Waals surface area contributed by atoms with Crippen molar-refractivity contribution >= 4 is 11.6 Å². The maximum Gasteiger partial charge on any atom is 0.108 e. The molecule has 0 aromatic carbocycles. The van der Waals surface area contributed by atoms with Gasteiger partial charge in [0.1, 0.15) is 5.50 Å². The normalized spacial score (nSPS) is 24.7. The number of nitrogens with one attached hydrogen (secondary N) is 1. The molecule has 0 amide bonds. The van der Waals surface area contributed by atoms with Crippen LogP contribution in [0.25, 0.3) is 0 Å². The van der Waals surface area contributed by atoms with Crippen molar-refractivity contribution in [1.29, 1.82) is 0 Å². The Hall–Kier alpha value is 0.210. The minimum absolute atomic E-state index is 0.229. The molecule has 1 saturated carbocycles. The Morgan fingerprint density at radius 1 is 1.44 bits per heavy atom. The predicted octanol–water partition coefficient (Wildman–Crippen LogP) is 1.72. The molecule has 1 aliphatic rings. The number of hydroxylamine groups is 1. The molecule has 0 aromatic heterocycles. The Balaban J connectivity index is 2.24. The third kappa shape index (κ3) is 1.81. The summed E-state index contributed by atoms with van der Waals surface area (Å²) in [5.74, 6) is 0.483. The third-order valence-electron chi connectivity index (χ3n) is 1.94. The van der Waals surface area contributed by atoms with Gasteiger partial charge in [0.25, 0.3) is 0 Å². The van der Waals surface area contributed by atoms with Gasteiger partial charge in [-0.05, 0) is 18.8 Å². The molecule has 0 aliphatic heterocycles. The molecule has 0 aromatic rings. The van der Waals surface area contributed by atoms with E-state index in [1.165, 1.54) is 12.8 Å². The zero-order valence-corrected chi connectivity index (χ0v) is 6.06. The summed E-state index contributed by atoms with van der Waals surface area (Å²) in [6.07, 6.45) is 4.83. The van der Waals surface area contributed by atoms with Gasteiger partial charge in [0.05, 0.1) is 0 Å². The SMILES string of the molecule is ONC(Cl)C1CCCC1. The minimum atomic E-state index is -0.229. The van der Waals surface area contributed by atoms with Gasteiger partial charge in [-0.25, -0.2) is 0 Å². The average Bonchev–Trinajstić information content (AvgIpc) is 2.37. The van der Waals surface area contributed by atoms with Crippen LogP contribution in [0.1, 0.15) is 25.7 Å². The highest BCUT2D eigenvalue weighted by atomic mass is 35.5. The summed E-state index contributed by atoms with van der Waals surface area (Å²) in [5, 5.41) is 8.41. The fourth-order valence-electron chi connectivity index (χ4n) is 1.36. The van der Waals surface area contributed by atoms with E-state index in [1.54, 1.807) is 0 Å². The molecule has 1 rings (SSSR count). The summed E-state index contributed by atoms with van der Waals surface area (Å²) in [4.78, 5) is 0. The van der Waals surface area contributed by atoms with Crippen molar-refractivity contribution < 1.29 is 5.21 Å². The van der Waals surface area contributed by atoms with Gasteiger partial charge < -0.3 is 5.21 Å². The van der Waals surface area contributed by atoms with Crippen LogP contribution in [0.15, 0.2) is 0 Å². The molecule has 0 saturated heterocycles. The van der Waals surface area contributed by atoms with E-state index in [2.05, 4.69) is 5.48 Å². The molecular weight excluding hydrogens is 138 g/mol. The molecule has 0 radical (unpaired) electrons. The Morgan fingerprint density at radius 2 is 2.00 bits per heavy atom. The van der Waals surface area contributed by atoms with Crippen molar-refractivity contribution in [1.82, 2.24) is 5.48 Å². The van der Waals surface area contributed by atoms with Crippen LogP contribution in [-0.4, -0.2) is 10.7 Å². The van der Waals surface area contributed by atoms with Gasteiger partial charge in [0.2, 0.25) is 0 Å². The first-order valence-electron chi connectivity index (χ1n) is 3.38. The number of rotatable bonds is 2.